The number of hydrazone groups is 1. The SMILES string of the molecule is C/C(=N/Nc1nc(-c2cc3ccccc3oc2=O)cs1)c1ccccc1. The zero-order valence-corrected chi connectivity index (χ0v) is 14.8. The minimum absolute atomic E-state index is 0.399. The normalized spacial score (nSPS) is 11.7. The number of rotatable bonds is 4. The van der Waals surface area contributed by atoms with Gasteiger partial charge in [-0.25, -0.2) is 9.78 Å². The first-order chi connectivity index (χ1) is 12.7. The van der Waals surface area contributed by atoms with E-state index in [0.717, 1.165) is 16.7 Å². The average molecular weight is 361 g/mol. The lowest BCUT2D eigenvalue weighted by Crippen LogP contribution is -2.03. The van der Waals surface area contributed by atoms with E-state index in [9.17, 15) is 4.79 Å². The Balaban J connectivity index is 1.61. The first-order valence-electron chi connectivity index (χ1n) is 8.05. The number of hydrogen-bond acceptors (Lipinski definition) is 6. The molecule has 4 aromatic rings. The molecule has 0 fully saturated rings. The lowest BCUT2D eigenvalue weighted by atomic mass is 10.1. The van der Waals surface area contributed by atoms with Crippen molar-refractivity contribution in [2.24, 2.45) is 5.10 Å². The van der Waals surface area contributed by atoms with Crippen LogP contribution in [0.2, 0.25) is 0 Å². The number of nitrogens with one attached hydrogen (secondary N) is 1. The topological polar surface area (TPSA) is 67.5 Å². The largest absolute Gasteiger partial charge is 0.422 e. The molecule has 5 nitrogen and oxygen atoms in total. The van der Waals surface area contributed by atoms with E-state index in [1.54, 1.807) is 12.1 Å². The molecule has 0 aliphatic heterocycles. The van der Waals surface area contributed by atoms with Gasteiger partial charge in [0.2, 0.25) is 5.13 Å². The zero-order valence-electron chi connectivity index (χ0n) is 14.0. The summed E-state index contributed by atoms with van der Waals surface area (Å²) in [6, 6.07) is 19.1. The molecule has 0 saturated heterocycles. The highest BCUT2D eigenvalue weighted by Crippen LogP contribution is 2.25. The lowest BCUT2D eigenvalue weighted by Gasteiger charge is -2.01. The summed E-state index contributed by atoms with van der Waals surface area (Å²) in [6.45, 7) is 1.93. The van der Waals surface area contributed by atoms with Crippen LogP contribution in [0.5, 0.6) is 0 Å². The molecule has 6 heteroatoms. The Morgan fingerprint density at radius 3 is 2.73 bits per heavy atom. The van der Waals surface area contributed by atoms with E-state index in [-0.39, 0.29) is 0 Å². The summed E-state index contributed by atoms with van der Waals surface area (Å²) in [5.41, 5.74) is 6.02. The van der Waals surface area contributed by atoms with Gasteiger partial charge in [-0.2, -0.15) is 5.10 Å². The maximum absolute atomic E-state index is 12.2. The van der Waals surface area contributed by atoms with Crippen LogP contribution in [-0.4, -0.2) is 10.7 Å². The fraction of sp³-hybridized carbons (Fsp3) is 0.0500. The zero-order chi connectivity index (χ0) is 17.9. The molecule has 2 heterocycles. The van der Waals surface area contributed by atoms with E-state index in [2.05, 4.69) is 15.5 Å². The van der Waals surface area contributed by atoms with Gasteiger partial charge in [0.1, 0.15) is 5.58 Å². The van der Waals surface area contributed by atoms with Crippen molar-refractivity contribution in [3.63, 3.8) is 0 Å². The van der Waals surface area contributed by atoms with Crippen molar-refractivity contribution in [2.45, 2.75) is 6.92 Å². The standard InChI is InChI=1S/C20H15N3O2S/c1-13(14-7-3-2-4-8-14)22-23-20-21-17(12-26-20)16-11-15-9-5-6-10-18(15)25-19(16)24/h2-12H,1H3,(H,21,23)/b22-13-. The third kappa shape index (κ3) is 3.27. The van der Waals surface area contributed by atoms with Crippen LogP contribution in [0.4, 0.5) is 5.13 Å². The number of nitrogens with zero attached hydrogens (tertiary/aromatic N) is 2. The van der Waals surface area contributed by atoms with Crippen molar-refractivity contribution in [1.29, 1.82) is 0 Å². The molecule has 0 spiro atoms. The second kappa shape index (κ2) is 6.93. The first-order valence-corrected chi connectivity index (χ1v) is 8.93. The van der Waals surface area contributed by atoms with Gasteiger partial charge < -0.3 is 4.42 Å². The van der Waals surface area contributed by atoms with Crippen LogP contribution in [0, 0.1) is 0 Å². The van der Waals surface area contributed by atoms with Crippen molar-refractivity contribution >= 4 is 33.1 Å². The van der Waals surface area contributed by atoms with Gasteiger partial charge in [-0.1, -0.05) is 48.5 Å². The Bertz CT molecular complexity index is 1150. The van der Waals surface area contributed by atoms with Gasteiger partial charge in [0, 0.05) is 10.8 Å². The third-order valence-electron chi connectivity index (χ3n) is 3.93. The maximum Gasteiger partial charge on any atom is 0.345 e. The highest BCUT2D eigenvalue weighted by atomic mass is 32.1. The van der Waals surface area contributed by atoms with Crippen molar-refractivity contribution in [2.75, 3.05) is 5.43 Å². The van der Waals surface area contributed by atoms with E-state index < -0.39 is 5.63 Å². The Kier molecular flexibility index (Phi) is 4.33. The highest BCUT2D eigenvalue weighted by Gasteiger charge is 2.11. The van der Waals surface area contributed by atoms with Crippen molar-refractivity contribution in [3.05, 3.63) is 82.0 Å². The molecule has 26 heavy (non-hydrogen) atoms. The predicted molar refractivity (Wildman–Crippen MR) is 106 cm³/mol. The summed E-state index contributed by atoms with van der Waals surface area (Å²) in [5, 5.41) is 7.65. The van der Waals surface area contributed by atoms with Gasteiger partial charge in [-0.3, -0.25) is 5.43 Å². The quantitative estimate of drug-likeness (QED) is 0.323. The molecule has 2 aromatic heterocycles. The Labute approximate surface area is 153 Å². The van der Waals surface area contributed by atoms with Crippen molar-refractivity contribution in [1.82, 2.24) is 4.98 Å². The summed E-state index contributed by atoms with van der Waals surface area (Å²) < 4.78 is 5.37. The summed E-state index contributed by atoms with van der Waals surface area (Å²) >= 11 is 1.39. The highest BCUT2D eigenvalue weighted by molar-refractivity contribution is 7.14. The molecule has 1 N–H and O–H groups in total. The van der Waals surface area contributed by atoms with Crippen molar-refractivity contribution in [3.8, 4) is 11.3 Å². The fourth-order valence-electron chi connectivity index (χ4n) is 2.56. The number of aromatic nitrogens is 1. The second-order valence-electron chi connectivity index (χ2n) is 5.70. The Hall–Kier alpha value is -3.25. The van der Waals surface area contributed by atoms with Gasteiger partial charge in [-0.15, -0.1) is 11.3 Å². The molecule has 0 aliphatic carbocycles. The van der Waals surface area contributed by atoms with Crippen LogP contribution in [-0.2, 0) is 0 Å². The summed E-state index contributed by atoms with van der Waals surface area (Å²) in [4.78, 5) is 16.7. The average Bonchev–Trinajstić information content (AvgIpc) is 3.15. The summed E-state index contributed by atoms with van der Waals surface area (Å²) in [6.07, 6.45) is 0. The number of anilines is 1. The lowest BCUT2D eigenvalue weighted by molar-refractivity contribution is 0.563. The molecule has 2 aromatic carbocycles. The van der Waals surface area contributed by atoms with Gasteiger partial charge in [0.15, 0.2) is 0 Å². The van der Waals surface area contributed by atoms with Crippen LogP contribution in [0.3, 0.4) is 0 Å². The van der Waals surface area contributed by atoms with E-state index in [0.29, 0.717) is 22.0 Å². The number of benzene rings is 2. The molecule has 0 unspecified atom stereocenters. The molecule has 4 rings (SSSR count). The van der Waals surface area contributed by atoms with Crippen LogP contribution >= 0.6 is 11.3 Å². The van der Waals surface area contributed by atoms with Crippen LogP contribution in [0.1, 0.15) is 12.5 Å². The number of fused-ring (bicyclic) bond motifs is 1. The molecule has 0 saturated carbocycles. The third-order valence-corrected chi connectivity index (χ3v) is 4.68. The fourth-order valence-corrected chi connectivity index (χ4v) is 3.22. The minimum atomic E-state index is -0.399. The molecular formula is C20H15N3O2S. The molecule has 128 valence electrons. The molecule has 0 bridgehead atoms. The number of thiazole rings is 1. The van der Waals surface area contributed by atoms with E-state index >= 15 is 0 Å². The Morgan fingerprint density at radius 2 is 1.88 bits per heavy atom. The van der Waals surface area contributed by atoms with Crippen molar-refractivity contribution < 1.29 is 4.42 Å². The summed E-state index contributed by atoms with van der Waals surface area (Å²) in [5.74, 6) is 0. The van der Waals surface area contributed by atoms with E-state index in [1.165, 1.54) is 11.3 Å². The second-order valence-corrected chi connectivity index (χ2v) is 6.56. The predicted octanol–water partition coefficient (Wildman–Crippen LogP) is 4.75. The smallest absolute Gasteiger partial charge is 0.345 e. The first kappa shape index (κ1) is 16.2. The molecule has 0 radical (unpaired) electrons. The van der Waals surface area contributed by atoms with Gasteiger partial charge in [-0.05, 0) is 24.6 Å². The number of para-hydroxylation sites is 1. The van der Waals surface area contributed by atoms with Crippen LogP contribution in [0.15, 0.2) is 80.4 Å². The van der Waals surface area contributed by atoms with Gasteiger partial charge in [0.25, 0.3) is 0 Å². The van der Waals surface area contributed by atoms with Crippen LogP contribution < -0.4 is 11.1 Å². The van der Waals surface area contributed by atoms with Crippen LogP contribution in [0.25, 0.3) is 22.2 Å². The molecule has 0 amide bonds. The van der Waals surface area contributed by atoms with Gasteiger partial charge >= 0.3 is 5.63 Å². The molecular weight excluding hydrogens is 346 g/mol. The Morgan fingerprint density at radius 1 is 1.12 bits per heavy atom. The maximum atomic E-state index is 12.2. The summed E-state index contributed by atoms with van der Waals surface area (Å²) in [7, 11) is 0. The van der Waals surface area contributed by atoms with E-state index in [4.69, 9.17) is 4.42 Å². The monoisotopic (exact) mass is 361 g/mol. The molecule has 0 aliphatic rings. The van der Waals surface area contributed by atoms with Gasteiger partial charge in [0.05, 0.1) is 17.0 Å². The molecule has 0 atom stereocenters. The minimum Gasteiger partial charge on any atom is -0.422 e. The number of hydrogen-bond donors (Lipinski definition) is 1. The van der Waals surface area contributed by atoms with E-state index in [1.807, 2.05) is 60.8 Å².